The van der Waals surface area contributed by atoms with Crippen molar-refractivity contribution in [2.75, 3.05) is 12.8 Å². The number of hydrogen-bond donors (Lipinski definition) is 2. The van der Waals surface area contributed by atoms with E-state index >= 15 is 0 Å². The second kappa shape index (κ2) is 6.23. The quantitative estimate of drug-likeness (QED) is 0.780. The maximum atomic E-state index is 13.5. The first kappa shape index (κ1) is 13.5. The van der Waals surface area contributed by atoms with Crippen molar-refractivity contribution < 1.29 is 9.50 Å². The number of nitrogens with one attached hydrogen (secondary N) is 1. The molecule has 0 aliphatic heterocycles. The Labute approximate surface area is 100 Å². The van der Waals surface area contributed by atoms with Gasteiger partial charge in [-0.25, -0.2) is 4.39 Å². The molecule has 16 heavy (non-hydrogen) atoms. The number of rotatable bonds is 5. The molecule has 0 amide bonds. The van der Waals surface area contributed by atoms with Gasteiger partial charge in [0.2, 0.25) is 0 Å². The van der Waals surface area contributed by atoms with Crippen molar-refractivity contribution >= 4 is 11.8 Å². The Balaban J connectivity index is 2.69. The number of benzene rings is 1. The highest BCUT2D eigenvalue weighted by molar-refractivity contribution is 7.98. The molecule has 0 saturated carbocycles. The molecule has 0 bridgehead atoms. The van der Waals surface area contributed by atoms with E-state index in [2.05, 4.69) is 5.32 Å². The zero-order valence-electron chi connectivity index (χ0n) is 9.83. The van der Waals surface area contributed by atoms with Crippen molar-refractivity contribution in [3.8, 4) is 0 Å². The van der Waals surface area contributed by atoms with Gasteiger partial charge in [0, 0.05) is 17.5 Å². The molecule has 1 aromatic rings. The normalized spacial score (nSPS) is 13.1. The maximum Gasteiger partial charge on any atom is 0.137 e. The Kier molecular flexibility index (Phi) is 5.25. The van der Waals surface area contributed by atoms with Crippen LogP contribution in [0.5, 0.6) is 0 Å². The van der Waals surface area contributed by atoms with Gasteiger partial charge in [-0.1, -0.05) is 19.9 Å². The van der Waals surface area contributed by atoms with Gasteiger partial charge in [-0.3, -0.25) is 0 Å². The van der Waals surface area contributed by atoms with Gasteiger partial charge in [-0.15, -0.1) is 11.8 Å². The molecule has 0 radical (unpaired) electrons. The molecule has 0 heterocycles. The minimum Gasteiger partial charge on any atom is -0.387 e. The summed E-state index contributed by atoms with van der Waals surface area (Å²) in [6.07, 6.45) is 1.17. The first-order chi connectivity index (χ1) is 7.54. The van der Waals surface area contributed by atoms with Crippen LogP contribution in [0.3, 0.4) is 0 Å². The molecule has 1 atom stereocenters. The third kappa shape index (κ3) is 3.77. The molecule has 1 rings (SSSR count). The van der Waals surface area contributed by atoms with Gasteiger partial charge in [-0.05, 0) is 24.0 Å². The lowest BCUT2D eigenvalue weighted by Gasteiger charge is -2.15. The van der Waals surface area contributed by atoms with Crippen molar-refractivity contribution in [3.63, 3.8) is 0 Å². The summed E-state index contributed by atoms with van der Waals surface area (Å²) in [6, 6.07) is 5.18. The van der Waals surface area contributed by atoms with Crippen LogP contribution in [0, 0.1) is 5.82 Å². The van der Waals surface area contributed by atoms with Crippen molar-refractivity contribution in [1.82, 2.24) is 5.32 Å². The topological polar surface area (TPSA) is 32.3 Å². The standard InChI is InChI=1S/C12H18FNOS/c1-8(2)14-7-11(15)9-4-5-12(16-3)10(13)6-9/h4-6,8,11,14-15H,7H2,1-3H3. The molecule has 4 heteroatoms. The first-order valence-corrected chi connectivity index (χ1v) is 6.52. The molecule has 0 saturated heterocycles. The number of aliphatic hydroxyl groups excluding tert-OH is 1. The highest BCUT2D eigenvalue weighted by Crippen LogP contribution is 2.22. The average Bonchev–Trinajstić information content (AvgIpc) is 2.25. The predicted molar refractivity (Wildman–Crippen MR) is 66.3 cm³/mol. The summed E-state index contributed by atoms with van der Waals surface area (Å²) in [6.45, 7) is 4.45. The smallest absolute Gasteiger partial charge is 0.137 e. The molecule has 1 aromatic carbocycles. The van der Waals surface area contributed by atoms with Crippen molar-refractivity contribution in [2.45, 2.75) is 30.9 Å². The molecule has 0 aliphatic carbocycles. The fourth-order valence-corrected chi connectivity index (χ4v) is 1.81. The van der Waals surface area contributed by atoms with E-state index in [9.17, 15) is 9.50 Å². The van der Waals surface area contributed by atoms with Gasteiger partial charge in [0.25, 0.3) is 0 Å². The lowest BCUT2D eigenvalue weighted by Crippen LogP contribution is -2.27. The summed E-state index contributed by atoms with van der Waals surface area (Å²) >= 11 is 1.36. The summed E-state index contributed by atoms with van der Waals surface area (Å²) in [5.41, 5.74) is 0.614. The van der Waals surface area contributed by atoms with Gasteiger partial charge < -0.3 is 10.4 Å². The van der Waals surface area contributed by atoms with Crippen LogP contribution in [-0.4, -0.2) is 23.9 Å². The monoisotopic (exact) mass is 243 g/mol. The van der Waals surface area contributed by atoms with Crippen molar-refractivity contribution in [1.29, 1.82) is 0 Å². The van der Waals surface area contributed by atoms with E-state index in [1.807, 2.05) is 20.1 Å². The Morgan fingerprint density at radius 1 is 1.44 bits per heavy atom. The van der Waals surface area contributed by atoms with Crippen molar-refractivity contribution in [2.24, 2.45) is 0 Å². The Bertz CT molecular complexity index is 344. The minimum absolute atomic E-state index is 0.270. The summed E-state index contributed by atoms with van der Waals surface area (Å²) in [7, 11) is 0. The molecule has 0 spiro atoms. The largest absolute Gasteiger partial charge is 0.387 e. The zero-order chi connectivity index (χ0) is 12.1. The summed E-state index contributed by atoms with van der Waals surface area (Å²) in [5, 5.41) is 12.9. The summed E-state index contributed by atoms with van der Waals surface area (Å²) in [4.78, 5) is 0.604. The second-order valence-corrected chi connectivity index (χ2v) is 4.82. The highest BCUT2D eigenvalue weighted by Gasteiger charge is 2.10. The molecular formula is C12H18FNOS. The maximum absolute atomic E-state index is 13.5. The molecule has 1 unspecified atom stereocenters. The van der Waals surface area contributed by atoms with E-state index in [0.29, 0.717) is 23.0 Å². The van der Waals surface area contributed by atoms with Gasteiger partial charge in [-0.2, -0.15) is 0 Å². The Morgan fingerprint density at radius 3 is 2.62 bits per heavy atom. The fraction of sp³-hybridized carbons (Fsp3) is 0.500. The van der Waals surface area contributed by atoms with E-state index in [-0.39, 0.29) is 5.82 Å². The highest BCUT2D eigenvalue weighted by atomic mass is 32.2. The van der Waals surface area contributed by atoms with Crippen LogP contribution >= 0.6 is 11.8 Å². The zero-order valence-corrected chi connectivity index (χ0v) is 10.6. The van der Waals surface area contributed by atoms with Crippen LogP contribution in [0.15, 0.2) is 23.1 Å². The average molecular weight is 243 g/mol. The predicted octanol–water partition coefficient (Wildman–Crippen LogP) is 2.58. The fourth-order valence-electron chi connectivity index (χ4n) is 1.36. The van der Waals surface area contributed by atoms with Gasteiger partial charge >= 0.3 is 0 Å². The second-order valence-electron chi connectivity index (χ2n) is 3.97. The van der Waals surface area contributed by atoms with E-state index in [0.717, 1.165) is 0 Å². The molecule has 0 aliphatic rings. The third-order valence-corrected chi connectivity index (χ3v) is 3.05. The summed E-state index contributed by atoms with van der Waals surface area (Å²) < 4.78 is 13.5. The first-order valence-electron chi connectivity index (χ1n) is 5.29. The molecule has 90 valence electrons. The molecule has 0 aromatic heterocycles. The third-order valence-electron chi connectivity index (χ3n) is 2.28. The van der Waals surface area contributed by atoms with Crippen molar-refractivity contribution in [3.05, 3.63) is 29.6 Å². The van der Waals surface area contributed by atoms with Crippen LogP contribution in [0.25, 0.3) is 0 Å². The number of aliphatic hydroxyl groups is 1. The lowest BCUT2D eigenvalue weighted by molar-refractivity contribution is 0.171. The summed E-state index contributed by atoms with van der Waals surface area (Å²) in [5.74, 6) is -0.270. The Morgan fingerprint density at radius 2 is 2.12 bits per heavy atom. The van der Waals surface area contributed by atoms with Crippen LogP contribution < -0.4 is 5.32 Å². The van der Waals surface area contributed by atoms with Gasteiger partial charge in [0.15, 0.2) is 0 Å². The number of hydrogen-bond acceptors (Lipinski definition) is 3. The molecule has 2 nitrogen and oxygen atoms in total. The van der Waals surface area contributed by atoms with Crippen LogP contribution in [-0.2, 0) is 0 Å². The van der Waals surface area contributed by atoms with Crippen LogP contribution in [0.1, 0.15) is 25.5 Å². The molecule has 2 N–H and O–H groups in total. The lowest BCUT2D eigenvalue weighted by atomic mass is 10.1. The SMILES string of the molecule is CSc1ccc(C(O)CNC(C)C)cc1F. The number of halogens is 1. The number of thioether (sulfide) groups is 1. The van der Waals surface area contributed by atoms with Crippen LogP contribution in [0.2, 0.25) is 0 Å². The van der Waals surface area contributed by atoms with Gasteiger partial charge in [0.05, 0.1) is 6.10 Å². The van der Waals surface area contributed by atoms with E-state index < -0.39 is 6.10 Å². The minimum atomic E-state index is -0.659. The van der Waals surface area contributed by atoms with E-state index in [1.54, 1.807) is 12.1 Å². The van der Waals surface area contributed by atoms with Gasteiger partial charge in [0.1, 0.15) is 5.82 Å². The molecular weight excluding hydrogens is 225 g/mol. The van der Waals surface area contributed by atoms with E-state index in [1.165, 1.54) is 17.8 Å². The van der Waals surface area contributed by atoms with E-state index in [4.69, 9.17) is 0 Å². The van der Waals surface area contributed by atoms with Crippen LogP contribution in [0.4, 0.5) is 4.39 Å². The molecule has 0 fully saturated rings. The Hall–Kier alpha value is -0.580.